The van der Waals surface area contributed by atoms with Crippen LogP contribution in [0.3, 0.4) is 0 Å². The van der Waals surface area contributed by atoms with Gasteiger partial charge in [-0.15, -0.1) is 0 Å². The third-order valence-corrected chi connectivity index (χ3v) is 9.80. The molecule has 0 radical (unpaired) electrons. The molecule has 2 aliphatic rings. The average Bonchev–Trinajstić information content (AvgIpc) is 3.83. The van der Waals surface area contributed by atoms with E-state index >= 15 is 0 Å². The first-order valence-corrected chi connectivity index (χ1v) is 19.2. The second-order valence-electron chi connectivity index (χ2n) is 14.2. The number of carboxylic acid groups (broad SMARTS) is 4. The van der Waals surface area contributed by atoms with E-state index in [-0.39, 0.29) is 181 Å². The Bertz CT molecular complexity index is 2190. The number of fused-ring (bicyclic) bond motifs is 2. The molecule has 0 aliphatic carbocycles. The van der Waals surface area contributed by atoms with Crippen LogP contribution in [0.4, 0.5) is 11.6 Å². The SMILES string of the molecule is NC1NC(=O)c2c(CCc3ccc(C(=O)NC(CCC(=O)[O-])C(=O)[O-])cc3)c[nH]c2N1.NC1NC(=O)c2c(CCc3ccc(C(=O)NC(CCC(=O)[O-])C(=O)[O-])cc3)c[nH]c2N1.O.O.O.O.O.[Na+].[Na+].[Na+].[Na+]. The number of nitrogens with two attached hydrogens (primary N) is 2. The molecule has 2 aromatic heterocycles. The summed E-state index contributed by atoms with van der Waals surface area (Å²) in [5, 5.41) is 58.8. The normalized spacial score (nSPS) is 13.9. The number of aliphatic carboxylic acids is 4. The van der Waals surface area contributed by atoms with Gasteiger partial charge in [-0.2, -0.15) is 0 Å². The van der Waals surface area contributed by atoms with E-state index in [2.05, 4.69) is 41.9 Å². The van der Waals surface area contributed by atoms with Crippen molar-refractivity contribution in [3.63, 3.8) is 0 Å². The van der Waals surface area contributed by atoms with Gasteiger partial charge >= 0.3 is 118 Å². The fourth-order valence-electron chi connectivity index (χ4n) is 6.59. The van der Waals surface area contributed by atoms with Crippen LogP contribution in [0.25, 0.3) is 0 Å². The molecule has 31 heteroatoms. The van der Waals surface area contributed by atoms with Crippen LogP contribution >= 0.6 is 0 Å². The molecular weight excluding hydrogens is 984 g/mol. The van der Waals surface area contributed by atoms with Crippen molar-refractivity contribution in [2.75, 3.05) is 10.6 Å². The number of anilines is 2. The van der Waals surface area contributed by atoms with Gasteiger partial charge in [-0.3, -0.25) is 30.6 Å². The fourth-order valence-corrected chi connectivity index (χ4v) is 6.59. The average molecular weight is 1040 g/mol. The Morgan fingerprint density at radius 3 is 1.10 bits per heavy atom. The summed E-state index contributed by atoms with van der Waals surface area (Å²) in [4.78, 5) is 98.0. The van der Waals surface area contributed by atoms with Crippen LogP contribution in [0.2, 0.25) is 0 Å². The summed E-state index contributed by atoms with van der Waals surface area (Å²) in [6, 6.07) is 10.2. The van der Waals surface area contributed by atoms with Gasteiger partial charge in [0.05, 0.1) is 35.1 Å². The molecule has 4 unspecified atom stereocenters. The van der Waals surface area contributed by atoms with Gasteiger partial charge in [0, 0.05) is 35.5 Å². The van der Waals surface area contributed by atoms with Gasteiger partial charge in [-0.05, 0) is 97.9 Å². The second kappa shape index (κ2) is 36.1. The number of rotatable bonds is 18. The van der Waals surface area contributed by atoms with Crippen LogP contribution in [-0.2, 0) is 44.9 Å². The molecule has 27 nitrogen and oxygen atoms in total. The number of aromatic amines is 2. The molecule has 4 heterocycles. The number of carbonyl (C=O) groups excluding carboxylic acids is 8. The molecule has 0 bridgehead atoms. The van der Waals surface area contributed by atoms with Crippen LogP contribution in [-0.4, -0.2) is 110 Å². The van der Waals surface area contributed by atoms with Crippen LogP contribution in [0, 0.1) is 0 Å². The molecule has 0 spiro atoms. The minimum Gasteiger partial charge on any atom is -0.550 e. The maximum Gasteiger partial charge on any atom is 1.00 e. The van der Waals surface area contributed by atoms with Gasteiger partial charge in [-0.25, -0.2) is 0 Å². The maximum absolute atomic E-state index is 12.3. The van der Waals surface area contributed by atoms with Crippen LogP contribution < -0.4 is 182 Å². The summed E-state index contributed by atoms with van der Waals surface area (Å²) in [6.07, 6.45) is 2.82. The molecule has 368 valence electrons. The molecule has 22 N–H and O–H groups in total. The largest absolute Gasteiger partial charge is 1.00 e. The Kier molecular flexibility index (Phi) is 38.6. The van der Waals surface area contributed by atoms with E-state index < -0.39 is 73.2 Å². The number of nitrogens with one attached hydrogen (secondary N) is 8. The molecule has 0 fully saturated rings. The summed E-state index contributed by atoms with van der Waals surface area (Å²) < 4.78 is 0. The molecule has 0 saturated carbocycles. The van der Waals surface area contributed by atoms with Gasteiger partial charge < -0.3 is 109 Å². The monoisotopic (exact) mass is 1040 g/mol. The first kappa shape index (κ1) is 76.0. The third-order valence-electron chi connectivity index (χ3n) is 9.80. The van der Waals surface area contributed by atoms with Crippen molar-refractivity contribution < 1.29 is 204 Å². The summed E-state index contributed by atoms with van der Waals surface area (Å²) in [5.41, 5.74) is 16.3. The van der Waals surface area contributed by atoms with Gasteiger partial charge in [0.25, 0.3) is 23.6 Å². The predicted octanol–water partition coefficient (Wildman–Crippen LogP) is -21.0. The topological polar surface area (TPSA) is 542 Å². The molecule has 71 heavy (non-hydrogen) atoms. The molecule has 4 amide bonds. The second-order valence-corrected chi connectivity index (χ2v) is 14.2. The fraction of sp³-hybridized carbons (Fsp3) is 0.300. The Morgan fingerprint density at radius 1 is 0.507 bits per heavy atom. The summed E-state index contributed by atoms with van der Waals surface area (Å²) in [5.74, 6) is -6.65. The smallest absolute Gasteiger partial charge is 0.550 e. The zero-order chi connectivity index (χ0) is 45.1. The quantitative estimate of drug-likeness (QED) is 0.0414. The van der Waals surface area contributed by atoms with Gasteiger partial charge in [0.1, 0.15) is 11.6 Å². The van der Waals surface area contributed by atoms with Crippen molar-refractivity contribution in [3.8, 4) is 0 Å². The zero-order valence-corrected chi connectivity index (χ0v) is 47.3. The van der Waals surface area contributed by atoms with E-state index in [1.54, 1.807) is 36.7 Å². The number of hydrogen-bond acceptors (Lipinski definition) is 16. The summed E-state index contributed by atoms with van der Waals surface area (Å²) in [7, 11) is 0. The molecule has 0 saturated heterocycles. The number of H-pyrrole nitrogens is 2. The molecule has 6 rings (SSSR count). The van der Waals surface area contributed by atoms with E-state index in [0.717, 1.165) is 22.3 Å². The van der Waals surface area contributed by atoms with Crippen LogP contribution in [0.15, 0.2) is 60.9 Å². The van der Waals surface area contributed by atoms with Crippen molar-refractivity contribution >= 4 is 59.1 Å². The van der Waals surface area contributed by atoms with E-state index in [0.29, 0.717) is 48.4 Å². The molecule has 2 aliphatic heterocycles. The van der Waals surface area contributed by atoms with Crippen molar-refractivity contribution in [2.24, 2.45) is 11.5 Å². The third kappa shape index (κ3) is 22.4. The van der Waals surface area contributed by atoms with E-state index in [4.69, 9.17) is 11.5 Å². The number of carbonyl (C=O) groups is 8. The first-order chi connectivity index (χ1) is 29.5. The van der Waals surface area contributed by atoms with Crippen LogP contribution in [0.5, 0.6) is 0 Å². The van der Waals surface area contributed by atoms with E-state index in [1.165, 1.54) is 24.3 Å². The Labute approximate surface area is 493 Å². The molecule has 4 aromatic rings. The zero-order valence-electron chi connectivity index (χ0n) is 39.3. The molecule has 2 aromatic carbocycles. The molecule has 4 atom stereocenters. The van der Waals surface area contributed by atoms with E-state index in [9.17, 15) is 58.8 Å². The standard InChI is InChI=1S/2C20H23N5O6.4Na.5H2O/c2*21-20-24-16-15(18(29)25-20)12(9-22-16)6-3-10-1-4-11(5-2-10)17(28)23-13(19(30)31)7-8-14(26)27;;;;;;;;;/h2*1-2,4-5,9,13,20,22,24H,3,6-8,21H2,(H,23,28)(H,25,29)(H,26,27)(H,30,31);;;;;5*1H2/q;;4*+1;;;;;/p-4. The number of carboxylic acids is 4. The number of amides is 4. The van der Waals surface area contributed by atoms with Gasteiger partial charge in [0.2, 0.25) is 0 Å². The maximum atomic E-state index is 12.3. The predicted molar refractivity (Wildman–Crippen MR) is 226 cm³/mol. The Morgan fingerprint density at radius 2 is 0.817 bits per heavy atom. The summed E-state index contributed by atoms with van der Waals surface area (Å²) >= 11 is 0. The number of hydrogen-bond donors (Lipinski definition) is 10. The summed E-state index contributed by atoms with van der Waals surface area (Å²) in [6.45, 7) is 0. The van der Waals surface area contributed by atoms with Crippen molar-refractivity contribution in [1.82, 2.24) is 31.2 Å². The first-order valence-electron chi connectivity index (χ1n) is 19.2. The number of aryl methyl sites for hydroxylation is 4. The van der Waals surface area contributed by atoms with Gasteiger partial charge in [-0.1, -0.05) is 24.3 Å². The van der Waals surface area contributed by atoms with E-state index in [1.807, 2.05) is 0 Å². The minimum absolute atomic E-state index is 0. The van der Waals surface area contributed by atoms with Crippen LogP contribution in [0.1, 0.15) is 89.4 Å². The Balaban J connectivity index is -0.000000363. The number of aromatic nitrogens is 2. The van der Waals surface area contributed by atoms with Gasteiger partial charge in [0.15, 0.2) is 12.6 Å². The Hall–Kier alpha value is -3.92. The van der Waals surface area contributed by atoms with Crippen molar-refractivity contribution in [2.45, 2.75) is 76.0 Å². The molecular formula is C40H52N10Na4O17. The number of benzene rings is 2. The van der Waals surface area contributed by atoms with Crippen molar-refractivity contribution in [1.29, 1.82) is 0 Å². The minimum atomic E-state index is -1.57. The van der Waals surface area contributed by atoms with Crippen molar-refractivity contribution in [3.05, 3.63) is 105 Å².